The molecule has 11 heteroatoms. The molecule has 0 aliphatic carbocycles. The van der Waals surface area contributed by atoms with Gasteiger partial charge >= 0.3 is 6.61 Å². The van der Waals surface area contributed by atoms with Crippen molar-refractivity contribution < 1.29 is 35.8 Å². The number of rotatable bonds is 10. The summed E-state index contributed by atoms with van der Waals surface area (Å²) in [4.78, 5) is -0.225. The first-order valence-corrected chi connectivity index (χ1v) is 14.5. The fourth-order valence-corrected chi connectivity index (χ4v) is 6.47. The molecular weight excluding hydrogens is 579 g/mol. The Labute approximate surface area is 242 Å². The first kappa shape index (κ1) is 30.3. The molecule has 1 aliphatic rings. The van der Waals surface area contributed by atoms with Crippen molar-refractivity contribution in [3.05, 3.63) is 94.5 Å². The number of methoxy groups -OCH3 is 1. The molecule has 0 bridgehead atoms. The molecule has 3 aromatic carbocycles. The van der Waals surface area contributed by atoms with Gasteiger partial charge in [-0.3, -0.25) is 4.31 Å². The van der Waals surface area contributed by atoms with Crippen LogP contribution in [0.25, 0.3) is 11.6 Å². The Hall–Kier alpha value is -3.63. The number of fused-ring (bicyclic) bond motifs is 1. The van der Waals surface area contributed by atoms with Crippen molar-refractivity contribution in [3.63, 3.8) is 0 Å². The zero-order chi connectivity index (χ0) is 29.9. The van der Waals surface area contributed by atoms with E-state index < -0.39 is 28.6 Å². The molecule has 0 radical (unpaired) electrons. The number of ether oxygens (including phenoxy) is 3. The number of sulfonamides is 1. The molecule has 6 nitrogen and oxygen atoms in total. The van der Waals surface area contributed by atoms with Gasteiger partial charge in [0.25, 0.3) is 10.0 Å². The number of anilines is 1. The number of hydrogen-bond acceptors (Lipinski definition) is 5. The molecule has 0 spiro atoms. The second-order valence-electron chi connectivity index (χ2n) is 9.52. The molecule has 218 valence electrons. The normalized spacial score (nSPS) is 15.4. The number of aryl methyl sites for hydroxylation is 1. The highest BCUT2D eigenvalue weighted by Gasteiger charge is 2.36. The molecule has 1 atom stereocenters. The first-order chi connectivity index (χ1) is 19.4. The summed E-state index contributed by atoms with van der Waals surface area (Å²) < 4.78 is 85.3. The number of benzene rings is 3. The summed E-state index contributed by atoms with van der Waals surface area (Å²) in [5.41, 5.74) is 2.26. The molecule has 0 amide bonds. The summed E-state index contributed by atoms with van der Waals surface area (Å²) in [6.45, 7) is 4.13. The highest BCUT2D eigenvalue weighted by atomic mass is 35.5. The maximum atomic E-state index is 14.6. The molecule has 0 fully saturated rings. The van der Waals surface area contributed by atoms with Gasteiger partial charge in [-0.05, 0) is 73.4 Å². The van der Waals surface area contributed by atoms with Gasteiger partial charge in [0.15, 0.2) is 0 Å². The van der Waals surface area contributed by atoms with Crippen LogP contribution in [0, 0.1) is 12.7 Å². The van der Waals surface area contributed by atoms with Crippen LogP contribution in [-0.2, 0) is 14.8 Å². The van der Waals surface area contributed by atoms with E-state index >= 15 is 0 Å². The van der Waals surface area contributed by atoms with Crippen LogP contribution in [0.4, 0.5) is 18.9 Å². The van der Waals surface area contributed by atoms with Gasteiger partial charge in [0.05, 0.1) is 35.0 Å². The van der Waals surface area contributed by atoms with E-state index in [9.17, 15) is 21.6 Å². The molecule has 0 N–H and O–H groups in total. The molecule has 41 heavy (non-hydrogen) atoms. The number of halogens is 4. The minimum Gasteiger partial charge on any atom is -0.502 e. The SMILES string of the molecule is C=C(CC[C@H]1CN(S(=O)(=O)c2cccc(OC(F)F)c2)c2cc(/C=C(\C)c3c(F)cccc3Cl)cc(C)c2O1)OC. The lowest BCUT2D eigenvalue weighted by Crippen LogP contribution is -2.43. The van der Waals surface area contributed by atoms with Crippen LogP contribution in [0.2, 0.25) is 5.02 Å². The van der Waals surface area contributed by atoms with E-state index in [1.54, 1.807) is 38.1 Å². The van der Waals surface area contributed by atoms with Crippen LogP contribution >= 0.6 is 11.6 Å². The van der Waals surface area contributed by atoms with Gasteiger partial charge in [-0.15, -0.1) is 0 Å². The van der Waals surface area contributed by atoms with Gasteiger partial charge < -0.3 is 14.2 Å². The lowest BCUT2D eigenvalue weighted by molar-refractivity contribution is -0.0499. The molecule has 0 unspecified atom stereocenters. The average molecular weight is 608 g/mol. The Bertz CT molecular complexity index is 1570. The van der Waals surface area contributed by atoms with Crippen molar-refractivity contribution in [1.29, 1.82) is 0 Å². The van der Waals surface area contributed by atoms with Crippen molar-refractivity contribution >= 4 is 39.0 Å². The van der Waals surface area contributed by atoms with Gasteiger partial charge in [-0.2, -0.15) is 8.78 Å². The van der Waals surface area contributed by atoms with Crippen LogP contribution in [0.15, 0.2) is 71.8 Å². The fourth-order valence-electron chi connectivity index (χ4n) is 4.63. The maximum Gasteiger partial charge on any atom is 0.387 e. The Morgan fingerprint density at radius 2 is 1.95 bits per heavy atom. The van der Waals surface area contributed by atoms with Crippen LogP contribution in [-0.4, -0.2) is 34.8 Å². The lowest BCUT2D eigenvalue weighted by Gasteiger charge is -2.36. The molecule has 0 saturated heterocycles. The summed E-state index contributed by atoms with van der Waals surface area (Å²) >= 11 is 6.25. The minimum absolute atomic E-state index is 0.0585. The Kier molecular flexibility index (Phi) is 9.24. The van der Waals surface area contributed by atoms with E-state index in [-0.39, 0.29) is 33.5 Å². The molecule has 4 rings (SSSR count). The molecule has 0 aromatic heterocycles. The Morgan fingerprint density at radius 3 is 2.63 bits per heavy atom. The van der Waals surface area contributed by atoms with Crippen LogP contribution in [0.3, 0.4) is 0 Å². The second-order valence-corrected chi connectivity index (χ2v) is 11.8. The monoisotopic (exact) mass is 607 g/mol. The van der Waals surface area contributed by atoms with Crippen LogP contribution in [0.1, 0.15) is 36.5 Å². The lowest BCUT2D eigenvalue weighted by atomic mass is 10.0. The van der Waals surface area contributed by atoms with Crippen LogP contribution in [0.5, 0.6) is 11.5 Å². The quantitative estimate of drug-likeness (QED) is 0.173. The van der Waals surface area contributed by atoms with E-state index in [4.69, 9.17) is 21.1 Å². The smallest absolute Gasteiger partial charge is 0.387 e. The Morgan fingerprint density at radius 1 is 1.22 bits per heavy atom. The largest absolute Gasteiger partial charge is 0.502 e. The number of allylic oxidation sites excluding steroid dienone is 2. The van der Waals surface area contributed by atoms with Gasteiger partial charge in [-0.1, -0.05) is 36.4 Å². The van der Waals surface area contributed by atoms with Gasteiger partial charge in [0, 0.05) is 18.1 Å². The zero-order valence-electron chi connectivity index (χ0n) is 22.7. The maximum absolute atomic E-state index is 14.6. The third-order valence-electron chi connectivity index (χ3n) is 6.59. The topological polar surface area (TPSA) is 65.1 Å². The zero-order valence-corrected chi connectivity index (χ0v) is 24.2. The first-order valence-electron chi connectivity index (χ1n) is 12.6. The van der Waals surface area contributed by atoms with Gasteiger partial charge in [-0.25, -0.2) is 12.8 Å². The summed E-state index contributed by atoms with van der Waals surface area (Å²) in [6, 6.07) is 12.8. The highest BCUT2D eigenvalue weighted by Crippen LogP contribution is 2.42. The standard InChI is InChI=1S/C30H29ClF3NO5S/c1-18(28-25(31)9-6-10-26(28)32)13-21-14-19(2)29-27(15-21)35(17-23(39-29)12-11-20(3)38-4)41(36,37)24-8-5-7-22(16-24)40-30(33)34/h5-10,13-16,23,30H,3,11-12,17H2,1-2,4H3/b18-13+/t23-/m0/s1. The van der Waals surface area contributed by atoms with E-state index in [2.05, 4.69) is 11.3 Å². The fraction of sp³-hybridized carbons (Fsp3) is 0.267. The van der Waals surface area contributed by atoms with Gasteiger partial charge in [0.1, 0.15) is 23.4 Å². The number of nitrogens with zero attached hydrogens (tertiary/aromatic N) is 1. The van der Waals surface area contributed by atoms with E-state index in [0.29, 0.717) is 41.1 Å². The third-order valence-corrected chi connectivity index (χ3v) is 8.68. The summed E-state index contributed by atoms with van der Waals surface area (Å²) in [7, 11) is -2.77. The molecule has 1 heterocycles. The second kappa shape index (κ2) is 12.5. The van der Waals surface area contributed by atoms with Crippen molar-refractivity contribution in [2.45, 2.75) is 44.3 Å². The average Bonchev–Trinajstić information content (AvgIpc) is 2.91. The third kappa shape index (κ3) is 6.82. The van der Waals surface area contributed by atoms with Crippen molar-refractivity contribution in [2.24, 2.45) is 0 Å². The molecule has 1 aliphatic heterocycles. The summed E-state index contributed by atoms with van der Waals surface area (Å²) in [5.74, 6) is 0.101. The Balaban J connectivity index is 1.81. The van der Waals surface area contributed by atoms with E-state index in [0.717, 1.165) is 6.07 Å². The predicted octanol–water partition coefficient (Wildman–Crippen LogP) is 7.85. The van der Waals surface area contributed by atoms with Crippen molar-refractivity contribution in [1.82, 2.24) is 0 Å². The number of hydrogen-bond donors (Lipinski definition) is 0. The highest BCUT2D eigenvalue weighted by molar-refractivity contribution is 7.92. The minimum atomic E-state index is -4.27. The molecular formula is C30H29ClF3NO5S. The van der Waals surface area contributed by atoms with E-state index in [1.165, 1.54) is 41.7 Å². The van der Waals surface area contributed by atoms with Crippen LogP contribution < -0.4 is 13.8 Å². The summed E-state index contributed by atoms with van der Waals surface area (Å²) in [6.07, 6.45) is 2.00. The molecule has 3 aromatic rings. The van der Waals surface area contributed by atoms with Gasteiger partial charge in [0.2, 0.25) is 0 Å². The summed E-state index contributed by atoms with van der Waals surface area (Å²) in [5, 5.41) is 0.243. The van der Waals surface area contributed by atoms with E-state index in [1.807, 2.05) is 0 Å². The van der Waals surface area contributed by atoms with Crippen molar-refractivity contribution in [2.75, 3.05) is 18.0 Å². The molecule has 0 saturated carbocycles. The number of alkyl halides is 2. The predicted molar refractivity (Wildman–Crippen MR) is 154 cm³/mol. The van der Waals surface area contributed by atoms with Crippen molar-refractivity contribution in [3.8, 4) is 11.5 Å².